The first kappa shape index (κ1) is 15.9. The predicted octanol–water partition coefficient (Wildman–Crippen LogP) is 2.10. The summed E-state index contributed by atoms with van der Waals surface area (Å²) in [7, 11) is 1.93. The molecule has 1 rings (SSSR count). The van der Waals surface area contributed by atoms with Crippen LogP contribution in [0.4, 0.5) is 0 Å². The van der Waals surface area contributed by atoms with Gasteiger partial charge in [-0.25, -0.2) is 0 Å². The first-order chi connectivity index (χ1) is 8.49. The fourth-order valence-corrected chi connectivity index (χ4v) is 3.11. The van der Waals surface area contributed by atoms with Crippen molar-refractivity contribution in [2.24, 2.45) is 11.8 Å². The zero-order valence-electron chi connectivity index (χ0n) is 12.7. The van der Waals surface area contributed by atoms with E-state index in [0.29, 0.717) is 0 Å². The second kappa shape index (κ2) is 7.46. The van der Waals surface area contributed by atoms with E-state index in [1.807, 2.05) is 7.05 Å². The Kier molecular flexibility index (Phi) is 6.61. The third-order valence-electron chi connectivity index (χ3n) is 4.35. The lowest BCUT2D eigenvalue weighted by Crippen LogP contribution is -2.43. The number of hydrogen-bond donors (Lipinski definition) is 2. The Balaban J connectivity index is 2.17. The van der Waals surface area contributed by atoms with Crippen molar-refractivity contribution in [2.75, 3.05) is 33.3 Å². The Hall–Kier alpha value is -0.120. The van der Waals surface area contributed by atoms with Gasteiger partial charge in [0.2, 0.25) is 0 Å². The van der Waals surface area contributed by atoms with Gasteiger partial charge in [-0.1, -0.05) is 20.3 Å². The van der Waals surface area contributed by atoms with Gasteiger partial charge in [-0.05, 0) is 51.6 Å². The summed E-state index contributed by atoms with van der Waals surface area (Å²) in [4.78, 5) is 2.62. The first-order valence-corrected chi connectivity index (χ1v) is 7.51. The van der Waals surface area contributed by atoms with Crippen LogP contribution in [0.3, 0.4) is 0 Å². The fraction of sp³-hybridized carbons (Fsp3) is 1.00. The molecule has 0 aliphatic carbocycles. The number of nitrogens with one attached hydrogen (secondary N) is 1. The number of likely N-dealkylation sites (tertiary alicyclic amines) is 1. The molecule has 1 aliphatic rings. The van der Waals surface area contributed by atoms with E-state index in [0.717, 1.165) is 18.3 Å². The lowest BCUT2D eigenvalue weighted by atomic mass is 9.91. The molecule has 2 N–H and O–H groups in total. The molecule has 108 valence electrons. The third-order valence-corrected chi connectivity index (χ3v) is 4.35. The summed E-state index contributed by atoms with van der Waals surface area (Å²) in [6.07, 6.45) is 4.88. The van der Waals surface area contributed by atoms with Gasteiger partial charge in [0.05, 0.1) is 6.61 Å². The van der Waals surface area contributed by atoms with Crippen LogP contribution in [0.15, 0.2) is 0 Å². The normalized spacial score (nSPS) is 29.2. The van der Waals surface area contributed by atoms with Crippen molar-refractivity contribution in [1.29, 1.82) is 0 Å². The first-order valence-electron chi connectivity index (χ1n) is 7.51. The zero-order valence-corrected chi connectivity index (χ0v) is 12.7. The highest BCUT2D eigenvalue weighted by atomic mass is 16.3. The van der Waals surface area contributed by atoms with Gasteiger partial charge in [0.15, 0.2) is 0 Å². The third kappa shape index (κ3) is 5.25. The molecule has 0 aromatic carbocycles. The predicted molar refractivity (Wildman–Crippen MR) is 77.8 cm³/mol. The van der Waals surface area contributed by atoms with E-state index in [1.54, 1.807) is 0 Å². The van der Waals surface area contributed by atoms with Crippen molar-refractivity contribution < 1.29 is 5.11 Å². The lowest BCUT2D eigenvalue weighted by molar-refractivity contribution is 0.134. The largest absolute Gasteiger partial charge is 0.394 e. The van der Waals surface area contributed by atoms with Gasteiger partial charge < -0.3 is 15.3 Å². The molecule has 3 atom stereocenters. The van der Waals surface area contributed by atoms with Crippen LogP contribution >= 0.6 is 0 Å². The van der Waals surface area contributed by atoms with Crippen LogP contribution in [-0.2, 0) is 0 Å². The van der Waals surface area contributed by atoms with Crippen molar-refractivity contribution >= 4 is 0 Å². The number of aliphatic hydroxyl groups excluding tert-OH is 1. The average Bonchev–Trinajstić information content (AvgIpc) is 2.33. The Labute approximate surface area is 113 Å². The maximum Gasteiger partial charge on any atom is 0.0610 e. The molecule has 0 saturated carbocycles. The van der Waals surface area contributed by atoms with Crippen LogP contribution in [0.25, 0.3) is 0 Å². The number of hydrogen-bond acceptors (Lipinski definition) is 3. The molecule has 1 heterocycles. The topological polar surface area (TPSA) is 35.5 Å². The quantitative estimate of drug-likeness (QED) is 0.685. The van der Waals surface area contributed by atoms with Crippen LogP contribution < -0.4 is 5.32 Å². The minimum atomic E-state index is -0.0948. The fourth-order valence-electron chi connectivity index (χ4n) is 3.11. The molecule has 3 nitrogen and oxygen atoms in total. The van der Waals surface area contributed by atoms with E-state index in [9.17, 15) is 5.11 Å². The van der Waals surface area contributed by atoms with E-state index in [-0.39, 0.29) is 12.1 Å². The van der Waals surface area contributed by atoms with Gasteiger partial charge in [-0.2, -0.15) is 0 Å². The van der Waals surface area contributed by atoms with Crippen molar-refractivity contribution in [3.63, 3.8) is 0 Å². The van der Waals surface area contributed by atoms with Crippen molar-refractivity contribution in [1.82, 2.24) is 10.2 Å². The Morgan fingerprint density at radius 2 is 1.83 bits per heavy atom. The maximum atomic E-state index is 9.33. The van der Waals surface area contributed by atoms with Gasteiger partial charge in [0, 0.05) is 18.6 Å². The van der Waals surface area contributed by atoms with Crippen LogP contribution in [0.1, 0.15) is 46.5 Å². The molecule has 1 fully saturated rings. The number of piperidine rings is 1. The molecule has 0 aromatic heterocycles. The molecular formula is C15H32N2O. The Bertz CT molecular complexity index is 219. The zero-order chi connectivity index (χ0) is 13.6. The number of nitrogens with zero attached hydrogens (tertiary/aromatic N) is 1. The molecule has 1 saturated heterocycles. The molecule has 1 aliphatic heterocycles. The molecule has 0 bridgehead atoms. The monoisotopic (exact) mass is 256 g/mol. The second-order valence-corrected chi connectivity index (χ2v) is 6.63. The summed E-state index contributed by atoms with van der Waals surface area (Å²) in [5.41, 5.74) is -0.0948. The average molecular weight is 256 g/mol. The lowest BCUT2D eigenvalue weighted by Gasteiger charge is -2.35. The van der Waals surface area contributed by atoms with E-state index in [1.165, 1.54) is 38.9 Å². The number of likely N-dealkylation sites (N-methyl/N-ethyl adjacent to an activating group) is 1. The molecule has 18 heavy (non-hydrogen) atoms. The molecule has 0 spiro atoms. The highest BCUT2D eigenvalue weighted by molar-refractivity contribution is 4.80. The van der Waals surface area contributed by atoms with E-state index in [4.69, 9.17) is 0 Å². The Morgan fingerprint density at radius 1 is 1.22 bits per heavy atom. The molecular weight excluding hydrogens is 224 g/mol. The molecule has 0 aromatic rings. The summed E-state index contributed by atoms with van der Waals surface area (Å²) in [5.74, 6) is 1.71. The van der Waals surface area contributed by atoms with Gasteiger partial charge in [0.1, 0.15) is 0 Å². The maximum absolute atomic E-state index is 9.33. The van der Waals surface area contributed by atoms with Gasteiger partial charge in [-0.3, -0.25) is 0 Å². The highest BCUT2D eigenvalue weighted by Crippen LogP contribution is 2.21. The van der Waals surface area contributed by atoms with Crippen molar-refractivity contribution in [2.45, 2.75) is 52.0 Å². The summed E-state index contributed by atoms with van der Waals surface area (Å²) in [6, 6.07) is 0. The van der Waals surface area contributed by atoms with E-state index in [2.05, 4.69) is 31.0 Å². The molecule has 0 amide bonds. The summed E-state index contributed by atoms with van der Waals surface area (Å²) in [6.45, 7) is 10.8. The van der Waals surface area contributed by atoms with Crippen molar-refractivity contribution in [3.8, 4) is 0 Å². The molecule has 0 radical (unpaired) electrons. The van der Waals surface area contributed by atoms with Gasteiger partial charge in [-0.15, -0.1) is 0 Å². The highest BCUT2D eigenvalue weighted by Gasteiger charge is 2.22. The number of unbranched alkanes of at least 4 members (excludes halogenated alkanes) is 1. The van der Waals surface area contributed by atoms with Crippen LogP contribution in [-0.4, -0.2) is 48.8 Å². The van der Waals surface area contributed by atoms with E-state index >= 15 is 0 Å². The number of aliphatic hydroxyl groups is 1. The minimum absolute atomic E-state index is 0.0948. The van der Waals surface area contributed by atoms with Crippen molar-refractivity contribution in [3.05, 3.63) is 0 Å². The summed E-state index contributed by atoms with van der Waals surface area (Å²) in [5, 5.41) is 12.5. The van der Waals surface area contributed by atoms with Gasteiger partial charge in [0.25, 0.3) is 0 Å². The summed E-state index contributed by atoms with van der Waals surface area (Å²) < 4.78 is 0. The Morgan fingerprint density at radius 3 is 2.33 bits per heavy atom. The van der Waals surface area contributed by atoms with Crippen LogP contribution in [0.2, 0.25) is 0 Å². The SMILES string of the molecule is CNC(C)(CO)CCCCN1CC(C)CC(C)C1. The number of rotatable bonds is 7. The molecule has 3 heteroatoms. The standard InChI is InChI=1S/C15H32N2O/c1-13-9-14(2)11-17(10-13)8-6-5-7-15(3,12-18)16-4/h13-14,16,18H,5-12H2,1-4H3. The molecule has 3 unspecified atom stereocenters. The van der Waals surface area contributed by atoms with Gasteiger partial charge >= 0.3 is 0 Å². The smallest absolute Gasteiger partial charge is 0.0610 e. The van der Waals surface area contributed by atoms with Crippen LogP contribution in [0.5, 0.6) is 0 Å². The van der Waals surface area contributed by atoms with Crippen LogP contribution in [0, 0.1) is 11.8 Å². The summed E-state index contributed by atoms with van der Waals surface area (Å²) >= 11 is 0. The van der Waals surface area contributed by atoms with E-state index < -0.39 is 0 Å². The minimum Gasteiger partial charge on any atom is -0.394 e. The second-order valence-electron chi connectivity index (χ2n) is 6.63.